The highest BCUT2D eigenvalue weighted by Crippen LogP contribution is 2.28. The quantitative estimate of drug-likeness (QED) is 0.511. The van der Waals surface area contributed by atoms with Gasteiger partial charge in [0, 0.05) is 23.6 Å². The molecule has 1 aliphatic carbocycles. The van der Waals surface area contributed by atoms with Crippen LogP contribution in [0.1, 0.15) is 58.0 Å². The van der Waals surface area contributed by atoms with Crippen molar-refractivity contribution >= 4 is 23.1 Å². The first-order chi connectivity index (χ1) is 15.8. The van der Waals surface area contributed by atoms with Gasteiger partial charge in [-0.3, -0.25) is 9.78 Å². The first-order valence-corrected chi connectivity index (χ1v) is 11.3. The number of halogens is 3. The monoisotopic (exact) mass is 477 g/mol. The van der Waals surface area contributed by atoms with E-state index in [1.807, 2.05) is 0 Å². The van der Waals surface area contributed by atoms with Crippen molar-refractivity contribution in [2.75, 3.05) is 11.9 Å². The summed E-state index contributed by atoms with van der Waals surface area (Å²) in [7, 11) is 0. The lowest BCUT2D eigenvalue weighted by Gasteiger charge is -2.11. The van der Waals surface area contributed by atoms with Crippen molar-refractivity contribution in [1.82, 2.24) is 19.3 Å². The Labute approximate surface area is 192 Å². The number of nitrogens with one attached hydrogen (secondary N) is 1. The smallest absolute Gasteiger partial charge is 0.434 e. The highest BCUT2D eigenvalue weighted by Gasteiger charge is 2.32. The molecule has 4 rings (SSSR count). The molecule has 1 fully saturated rings. The van der Waals surface area contributed by atoms with E-state index in [9.17, 15) is 18.0 Å². The maximum atomic E-state index is 12.9. The Kier molecular flexibility index (Phi) is 6.87. The van der Waals surface area contributed by atoms with Crippen LogP contribution in [0.15, 0.2) is 30.7 Å². The molecule has 1 N–H and O–H groups in total. The van der Waals surface area contributed by atoms with Gasteiger partial charge in [-0.2, -0.15) is 17.5 Å². The van der Waals surface area contributed by atoms with E-state index in [4.69, 9.17) is 4.74 Å². The van der Waals surface area contributed by atoms with Crippen LogP contribution >= 0.6 is 11.5 Å². The summed E-state index contributed by atoms with van der Waals surface area (Å²) in [5, 5.41) is 2.79. The zero-order valence-corrected chi connectivity index (χ0v) is 18.7. The molecule has 0 saturated heterocycles. The number of amides is 1. The minimum absolute atomic E-state index is 0.144. The molecule has 1 amide bonds. The van der Waals surface area contributed by atoms with Crippen molar-refractivity contribution in [3.63, 3.8) is 0 Å². The molecule has 1 aliphatic rings. The van der Waals surface area contributed by atoms with E-state index < -0.39 is 11.9 Å². The standard InChI is InChI=1S/C22H22F3N5O2S/c1-13-20(17(33-30-13)8-16-10-27-18(11-26-16)22(23,24)25)21(31)29-15-6-7-19(28-9-15)32-12-14-4-2-3-5-14/h6-7,9-11,14H,2-5,8,12H2,1H3,(H,29,31). The Balaban J connectivity index is 1.40. The summed E-state index contributed by atoms with van der Waals surface area (Å²) >= 11 is 1.10. The van der Waals surface area contributed by atoms with E-state index in [2.05, 4.69) is 24.6 Å². The molecule has 0 spiro atoms. The fourth-order valence-electron chi connectivity index (χ4n) is 3.70. The summed E-state index contributed by atoms with van der Waals surface area (Å²) in [5.41, 5.74) is 0.637. The molecule has 0 radical (unpaired) electrons. The molecule has 3 heterocycles. The molecule has 0 bridgehead atoms. The maximum absolute atomic E-state index is 12.9. The van der Waals surface area contributed by atoms with Crippen LogP contribution in [0, 0.1) is 12.8 Å². The average Bonchev–Trinajstić information content (AvgIpc) is 3.43. The number of aryl methyl sites for hydroxylation is 1. The van der Waals surface area contributed by atoms with Crippen LogP contribution in [0.4, 0.5) is 18.9 Å². The fraction of sp³-hybridized carbons (Fsp3) is 0.409. The SMILES string of the molecule is Cc1nsc(Cc2cnc(C(F)(F)F)cn2)c1C(=O)Nc1ccc(OCC2CCCC2)nc1. The van der Waals surface area contributed by atoms with E-state index in [1.165, 1.54) is 31.9 Å². The van der Waals surface area contributed by atoms with Gasteiger partial charge in [-0.1, -0.05) is 12.8 Å². The van der Waals surface area contributed by atoms with Crippen molar-refractivity contribution in [1.29, 1.82) is 0 Å². The van der Waals surface area contributed by atoms with Crippen molar-refractivity contribution in [3.05, 3.63) is 58.2 Å². The molecule has 11 heteroatoms. The molecule has 0 atom stereocenters. The van der Waals surface area contributed by atoms with Gasteiger partial charge >= 0.3 is 6.18 Å². The van der Waals surface area contributed by atoms with E-state index >= 15 is 0 Å². The Bertz CT molecular complexity index is 1090. The lowest BCUT2D eigenvalue weighted by atomic mass is 10.1. The normalized spacial score (nSPS) is 14.4. The van der Waals surface area contributed by atoms with Crippen LogP contribution in [-0.4, -0.2) is 31.8 Å². The molecule has 0 unspecified atom stereocenters. The van der Waals surface area contributed by atoms with Crippen molar-refractivity contribution in [2.24, 2.45) is 5.92 Å². The number of nitrogens with zero attached hydrogens (tertiary/aromatic N) is 4. The third kappa shape index (κ3) is 5.84. The molecule has 0 aliphatic heterocycles. The summed E-state index contributed by atoms with van der Waals surface area (Å²) in [4.78, 5) is 25.0. The second-order valence-electron chi connectivity index (χ2n) is 7.93. The first-order valence-electron chi connectivity index (χ1n) is 10.5. The number of alkyl halides is 3. The van der Waals surface area contributed by atoms with Gasteiger partial charge in [0.25, 0.3) is 5.91 Å². The molecule has 0 aromatic carbocycles. The average molecular weight is 478 g/mol. The van der Waals surface area contributed by atoms with Crippen molar-refractivity contribution in [2.45, 2.75) is 45.2 Å². The lowest BCUT2D eigenvalue weighted by molar-refractivity contribution is -0.141. The van der Waals surface area contributed by atoms with Crippen molar-refractivity contribution in [3.8, 4) is 5.88 Å². The maximum Gasteiger partial charge on any atom is 0.434 e. The minimum atomic E-state index is -4.55. The number of carbonyl (C=O) groups is 1. The molecule has 33 heavy (non-hydrogen) atoms. The number of aromatic nitrogens is 4. The van der Waals surface area contributed by atoms with Gasteiger partial charge in [0.1, 0.15) is 0 Å². The molecular formula is C22H22F3N5O2S. The summed E-state index contributed by atoms with van der Waals surface area (Å²) < 4.78 is 48.0. The lowest BCUT2D eigenvalue weighted by Crippen LogP contribution is -2.15. The Morgan fingerprint density at radius 3 is 2.58 bits per heavy atom. The second-order valence-corrected chi connectivity index (χ2v) is 8.79. The predicted molar refractivity (Wildman–Crippen MR) is 116 cm³/mol. The van der Waals surface area contributed by atoms with Gasteiger partial charge in [-0.25, -0.2) is 9.97 Å². The fourth-order valence-corrected chi connectivity index (χ4v) is 4.58. The van der Waals surface area contributed by atoms with Crippen LogP contribution in [0.2, 0.25) is 0 Å². The summed E-state index contributed by atoms with van der Waals surface area (Å²) in [6.45, 7) is 2.35. The highest BCUT2D eigenvalue weighted by molar-refractivity contribution is 7.06. The Morgan fingerprint density at radius 2 is 1.94 bits per heavy atom. The van der Waals surface area contributed by atoms with E-state index in [-0.39, 0.29) is 12.3 Å². The minimum Gasteiger partial charge on any atom is -0.477 e. The number of rotatable bonds is 7. The van der Waals surface area contributed by atoms with Crippen molar-refractivity contribution < 1.29 is 22.7 Å². The zero-order chi connectivity index (χ0) is 23.4. The zero-order valence-electron chi connectivity index (χ0n) is 17.9. The molecule has 174 valence electrons. The van der Waals surface area contributed by atoms with Gasteiger partial charge in [0.15, 0.2) is 5.69 Å². The third-order valence-corrected chi connectivity index (χ3v) is 6.37. The highest BCUT2D eigenvalue weighted by atomic mass is 32.1. The van der Waals surface area contributed by atoms with Gasteiger partial charge < -0.3 is 10.1 Å². The summed E-state index contributed by atoms with van der Waals surface area (Å²) in [6, 6.07) is 3.42. The van der Waals surface area contributed by atoms with E-state index in [0.717, 1.165) is 17.7 Å². The Morgan fingerprint density at radius 1 is 1.15 bits per heavy atom. The second kappa shape index (κ2) is 9.82. The topological polar surface area (TPSA) is 89.9 Å². The van der Waals surface area contributed by atoms with Crippen LogP contribution in [0.25, 0.3) is 0 Å². The van der Waals surface area contributed by atoms with Gasteiger partial charge in [0.05, 0.1) is 41.6 Å². The number of hydrogen-bond donors (Lipinski definition) is 1. The number of anilines is 1. The van der Waals surface area contributed by atoms with Gasteiger partial charge in [0.2, 0.25) is 5.88 Å². The molecular weight excluding hydrogens is 455 g/mol. The van der Waals surface area contributed by atoms with E-state index in [0.29, 0.717) is 52.1 Å². The number of ether oxygens (including phenoxy) is 1. The van der Waals surface area contributed by atoms with Crippen LogP contribution in [0.3, 0.4) is 0 Å². The number of pyridine rings is 1. The summed E-state index contributed by atoms with van der Waals surface area (Å²) in [6.07, 6.45) is 3.73. The van der Waals surface area contributed by atoms with E-state index in [1.54, 1.807) is 19.1 Å². The van der Waals surface area contributed by atoms with Crippen LogP contribution < -0.4 is 10.1 Å². The first kappa shape index (κ1) is 23.1. The predicted octanol–water partition coefficient (Wildman–Crippen LogP) is 5.07. The number of carbonyl (C=O) groups excluding carboxylic acids is 1. The Hall–Kier alpha value is -3.08. The van der Waals surface area contributed by atoms with Gasteiger partial charge in [-0.15, -0.1) is 0 Å². The molecule has 3 aromatic rings. The third-order valence-electron chi connectivity index (χ3n) is 5.43. The molecule has 1 saturated carbocycles. The van der Waals surface area contributed by atoms with Crippen LogP contribution in [0.5, 0.6) is 5.88 Å². The summed E-state index contributed by atoms with van der Waals surface area (Å²) in [5.74, 6) is 0.709. The van der Waals surface area contributed by atoms with Crippen LogP contribution in [-0.2, 0) is 12.6 Å². The van der Waals surface area contributed by atoms with Gasteiger partial charge in [-0.05, 0) is 43.3 Å². The number of hydrogen-bond acceptors (Lipinski definition) is 7. The molecule has 7 nitrogen and oxygen atoms in total. The largest absolute Gasteiger partial charge is 0.477 e. The molecule has 3 aromatic heterocycles.